The van der Waals surface area contributed by atoms with Gasteiger partial charge in [-0.2, -0.15) is 0 Å². The Morgan fingerprint density at radius 1 is 1.20 bits per heavy atom. The van der Waals surface area contributed by atoms with Gasteiger partial charge in [0.25, 0.3) is 0 Å². The van der Waals surface area contributed by atoms with E-state index < -0.39 is 0 Å². The summed E-state index contributed by atoms with van der Waals surface area (Å²) in [5.74, 6) is 1.21. The predicted octanol–water partition coefficient (Wildman–Crippen LogP) is 4.51. The molecule has 1 aromatic carbocycles. The zero-order valence-electron chi connectivity index (χ0n) is 11.8. The maximum atomic E-state index is 12.2. The van der Waals surface area contributed by atoms with Gasteiger partial charge in [0, 0.05) is 19.2 Å². The van der Waals surface area contributed by atoms with Crippen LogP contribution in [0.1, 0.15) is 25.8 Å². The molecule has 0 aliphatic carbocycles. The zero-order valence-corrected chi connectivity index (χ0v) is 13.3. The average Bonchev–Trinajstić information content (AvgIpc) is 2.38. The van der Waals surface area contributed by atoms with Crippen LogP contribution in [0.3, 0.4) is 0 Å². The van der Waals surface area contributed by atoms with Crippen LogP contribution in [0.4, 0.5) is 0 Å². The monoisotopic (exact) mass is 311 g/mol. The summed E-state index contributed by atoms with van der Waals surface area (Å²) < 4.78 is 0. The van der Waals surface area contributed by atoms with E-state index in [1.165, 1.54) is 6.42 Å². The van der Waals surface area contributed by atoms with E-state index in [1.54, 1.807) is 24.3 Å². The van der Waals surface area contributed by atoms with Gasteiger partial charge in [0.15, 0.2) is 0 Å². The second-order valence-corrected chi connectivity index (χ2v) is 6.51. The van der Waals surface area contributed by atoms with Crippen LogP contribution in [-0.2, 0) is 4.79 Å². The summed E-state index contributed by atoms with van der Waals surface area (Å²) in [6, 6.07) is 5.34. The molecule has 0 aromatic heterocycles. The predicted molar refractivity (Wildman–Crippen MR) is 85.0 cm³/mol. The number of carbonyl (C=O) groups excluding carboxylic acids is 1. The summed E-state index contributed by atoms with van der Waals surface area (Å²) in [5, 5.41) is 1.02. The first kappa shape index (κ1) is 15.4. The number of amides is 1. The molecule has 1 heterocycles. The molecule has 1 aromatic rings. The first-order chi connectivity index (χ1) is 9.45. The first-order valence-electron chi connectivity index (χ1n) is 6.87. The molecule has 108 valence electrons. The number of benzene rings is 1. The van der Waals surface area contributed by atoms with Gasteiger partial charge in [0.2, 0.25) is 5.91 Å². The van der Waals surface area contributed by atoms with Crippen molar-refractivity contribution in [1.82, 2.24) is 4.90 Å². The van der Waals surface area contributed by atoms with Crippen molar-refractivity contribution in [2.45, 2.75) is 20.3 Å². The van der Waals surface area contributed by atoms with Crippen LogP contribution in [0.25, 0.3) is 6.08 Å². The maximum absolute atomic E-state index is 12.2. The molecule has 1 fully saturated rings. The van der Waals surface area contributed by atoms with Crippen molar-refractivity contribution in [2.24, 2.45) is 11.8 Å². The van der Waals surface area contributed by atoms with Crippen molar-refractivity contribution in [2.75, 3.05) is 13.1 Å². The Balaban J connectivity index is 2.03. The molecule has 1 amide bonds. The number of piperidine rings is 1. The summed E-state index contributed by atoms with van der Waals surface area (Å²) in [6.07, 6.45) is 4.60. The van der Waals surface area contributed by atoms with Crippen molar-refractivity contribution >= 4 is 35.2 Å². The molecule has 0 saturated carbocycles. The highest BCUT2D eigenvalue weighted by Crippen LogP contribution is 2.24. The lowest BCUT2D eigenvalue weighted by molar-refractivity contribution is -0.128. The Morgan fingerprint density at radius 2 is 1.85 bits per heavy atom. The molecule has 2 unspecified atom stereocenters. The number of rotatable bonds is 2. The molecule has 0 N–H and O–H groups in total. The third-order valence-corrected chi connectivity index (χ3v) is 4.28. The van der Waals surface area contributed by atoms with Gasteiger partial charge in [0.05, 0.1) is 10.0 Å². The van der Waals surface area contributed by atoms with Gasteiger partial charge in [-0.15, -0.1) is 0 Å². The summed E-state index contributed by atoms with van der Waals surface area (Å²) in [5.41, 5.74) is 0.880. The lowest BCUT2D eigenvalue weighted by Gasteiger charge is -2.34. The van der Waals surface area contributed by atoms with Gasteiger partial charge in [-0.05, 0) is 42.0 Å². The van der Waals surface area contributed by atoms with Crippen LogP contribution in [0, 0.1) is 11.8 Å². The van der Waals surface area contributed by atoms with Gasteiger partial charge in [-0.25, -0.2) is 0 Å². The standard InChI is InChI=1S/C16H19Cl2NO/c1-11-7-12(2)10-19(9-11)16(20)6-4-13-3-5-14(17)15(18)8-13/h3-6,8,11-12H,7,9-10H2,1-2H3. The first-order valence-corrected chi connectivity index (χ1v) is 7.63. The molecule has 0 radical (unpaired) electrons. The topological polar surface area (TPSA) is 20.3 Å². The van der Waals surface area contributed by atoms with Gasteiger partial charge in [0.1, 0.15) is 0 Å². The molecule has 2 nitrogen and oxygen atoms in total. The Bertz CT molecular complexity index is 517. The average molecular weight is 312 g/mol. The number of halogens is 2. The van der Waals surface area contributed by atoms with E-state index in [4.69, 9.17) is 23.2 Å². The quantitative estimate of drug-likeness (QED) is 0.736. The van der Waals surface area contributed by atoms with E-state index in [1.807, 2.05) is 11.0 Å². The van der Waals surface area contributed by atoms with Crippen LogP contribution in [0.2, 0.25) is 10.0 Å². The Hall–Kier alpha value is -0.990. The van der Waals surface area contributed by atoms with Crippen molar-refractivity contribution in [3.63, 3.8) is 0 Å². The van der Waals surface area contributed by atoms with Crippen molar-refractivity contribution < 1.29 is 4.79 Å². The van der Waals surface area contributed by atoms with Gasteiger partial charge < -0.3 is 4.90 Å². The molecular weight excluding hydrogens is 293 g/mol. The second-order valence-electron chi connectivity index (χ2n) is 5.70. The molecule has 1 aliphatic heterocycles. The number of likely N-dealkylation sites (tertiary alicyclic amines) is 1. The second kappa shape index (κ2) is 6.64. The molecule has 4 heteroatoms. The van der Waals surface area contributed by atoms with Crippen LogP contribution in [0.15, 0.2) is 24.3 Å². The fraction of sp³-hybridized carbons (Fsp3) is 0.438. The van der Waals surface area contributed by atoms with Crippen LogP contribution >= 0.6 is 23.2 Å². The van der Waals surface area contributed by atoms with Crippen LogP contribution < -0.4 is 0 Å². The van der Waals surface area contributed by atoms with Crippen molar-refractivity contribution in [1.29, 1.82) is 0 Å². The lowest BCUT2D eigenvalue weighted by Crippen LogP contribution is -2.41. The normalized spacial score (nSPS) is 23.3. The number of carbonyl (C=O) groups is 1. The molecular formula is C16H19Cl2NO. The molecule has 1 aliphatic rings. The van der Waals surface area contributed by atoms with Gasteiger partial charge in [-0.1, -0.05) is 43.1 Å². The smallest absolute Gasteiger partial charge is 0.246 e. The number of nitrogens with zero attached hydrogens (tertiary/aromatic N) is 1. The largest absolute Gasteiger partial charge is 0.339 e. The van der Waals surface area contributed by atoms with Crippen molar-refractivity contribution in [3.05, 3.63) is 39.9 Å². The number of hydrogen-bond acceptors (Lipinski definition) is 1. The van der Waals surface area contributed by atoms with Crippen molar-refractivity contribution in [3.8, 4) is 0 Å². The maximum Gasteiger partial charge on any atom is 0.246 e. The van der Waals surface area contributed by atoms with E-state index in [2.05, 4.69) is 13.8 Å². The summed E-state index contributed by atoms with van der Waals surface area (Å²) >= 11 is 11.8. The van der Waals surface area contributed by atoms with Gasteiger partial charge in [-0.3, -0.25) is 4.79 Å². The van der Waals surface area contributed by atoms with E-state index in [0.717, 1.165) is 18.7 Å². The number of hydrogen-bond donors (Lipinski definition) is 0. The molecule has 20 heavy (non-hydrogen) atoms. The summed E-state index contributed by atoms with van der Waals surface area (Å²) in [7, 11) is 0. The van der Waals surface area contributed by atoms with Gasteiger partial charge >= 0.3 is 0 Å². The third-order valence-electron chi connectivity index (χ3n) is 3.54. The van der Waals surface area contributed by atoms with E-state index in [-0.39, 0.29) is 5.91 Å². The Kier molecular flexibility index (Phi) is 5.11. The lowest BCUT2D eigenvalue weighted by atomic mass is 9.92. The zero-order chi connectivity index (χ0) is 14.7. The Morgan fingerprint density at radius 3 is 2.45 bits per heavy atom. The Labute approximate surface area is 130 Å². The fourth-order valence-electron chi connectivity index (χ4n) is 2.73. The molecule has 2 atom stereocenters. The van der Waals surface area contributed by atoms with E-state index in [9.17, 15) is 4.79 Å². The highest BCUT2D eigenvalue weighted by molar-refractivity contribution is 6.42. The SMILES string of the molecule is CC1CC(C)CN(C(=O)C=Cc2ccc(Cl)c(Cl)c2)C1. The summed E-state index contributed by atoms with van der Waals surface area (Å²) in [4.78, 5) is 14.1. The van der Waals surface area contributed by atoms with Crippen LogP contribution in [0.5, 0.6) is 0 Å². The molecule has 1 saturated heterocycles. The van der Waals surface area contributed by atoms with Crippen LogP contribution in [-0.4, -0.2) is 23.9 Å². The summed E-state index contributed by atoms with van der Waals surface area (Å²) in [6.45, 7) is 6.07. The minimum atomic E-state index is 0.0643. The minimum absolute atomic E-state index is 0.0643. The van der Waals surface area contributed by atoms with E-state index >= 15 is 0 Å². The minimum Gasteiger partial charge on any atom is -0.339 e. The molecule has 2 rings (SSSR count). The molecule has 0 spiro atoms. The molecule has 0 bridgehead atoms. The highest BCUT2D eigenvalue weighted by atomic mass is 35.5. The third kappa shape index (κ3) is 4.00. The highest BCUT2D eigenvalue weighted by Gasteiger charge is 2.23. The van der Waals surface area contributed by atoms with E-state index in [0.29, 0.717) is 21.9 Å². The fourth-order valence-corrected chi connectivity index (χ4v) is 3.04.